The van der Waals surface area contributed by atoms with Crippen molar-refractivity contribution in [2.24, 2.45) is 0 Å². The fourth-order valence-corrected chi connectivity index (χ4v) is 1.47. The normalized spacial score (nSPS) is 10.6. The van der Waals surface area contributed by atoms with Gasteiger partial charge in [-0.2, -0.15) is 0 Å². The smallest absolute Gasteiger partial charge is 0.139 e. The molecule has 1 aromatic carbocycles. The maximum absolute atomic E-state index is 5.93. The minimum Gasteiger partial charge on any atom is -0.495 e. The van der Waals surface area contributed by atoms with E-state index >= 15 is 0 Å². The predicted octanol–water partition coefficient (Wildman–Crippen LogP) is 4.13. The van der Waals surface area contributed by atoms with E-state index in [0.717, 1.165) is 5.56 Å². The average Bonchev–Trinajstić information content (AvgIpc) is 2.09. The van der Waals surface area contributed by atoms with E-state index in [1.54, 1.807) is 7.11 Å². The molecule has 0 spiro atoms. The van der Waals surface area contributed by atoms with E-state index in [0.29, 0.717) is 21.7 Å². The summed E-state index contributed by atoms with van der Waals surface area (Å²) < 4.78 is 5.10. The summed E-state index contributed by atoms with van der Waals surface area (Å²) in [5.41, 5.74) is 1.13. The molecule has 0 aliphatic carbocycles. The molecule has 0 saturated carbocycles. The van der Waals surface area contributed by atoms with E-state index in [-0.39, 0.29) is 0 Å². The van der Waals surface area contributed by atoms with Crippen LogP contribution in [0.15, 0.2) is 12.1 Å². The molecule has 3 heteroatoms. The van der Waals surface area contributed by atoms with Gasteiger partial charge in [-0.25, -0.2) is 0 Å². The molecule has 0 radical (unpaired) electrons. The molecule has 0 atom stereocenters. The highest BCUT2D eigenvalue weighted by Gasteiger charge is 2.09. The van der Waals surface area contributed by atoms with Gasteiger partial charge in [0.2, 0.25) is 0 Å². The lowest BCUT2D eigenvalue weighted by atomic mass is 10.0. The Bertz CT molecular complexity index is 308. The first kappa shape index (κ1) is 10.7. The summed E-state index contributed by atoms with van der Waals surface area (Å²) in [5, 5.41) is 1.03. The van der Waals surface area contributed by atoms with Gasteiger partial charge < -0.3 is 4.74 Å². The Morgan fingerprint density at radius 1 is 1.23 bits per heavy atom. The van der Waals surface area contributed by atoms with E-state index in [4.69, 9.17) is 27.9 Å². The van der Waals surface area contributed by atoms with Crippen LogP contribution in [0.2, 0.25) is 10.0 Å². The van der Waals surface area contributed by atoms with Crippen LogP contribution in [0.4, 0.5) is 0 Å². The Kier molecular flexibility index (Phi) is 3.46. The summed E-state index contributed by atoms with van der Waals surface area (Å²) in [4.78, 5) is 0. The molecule has 1 nitrogen and oxygen atoms in total. The minimum atomic E-state index is 0.420. The number of ether oxygens (including phenoxy) is 1. The Balaban J connectivity index is 3.22. The van der Waals surface area contributed by atoms with Gasteiger partial charge in [-0.1, -0.05) is 37.0 Å². The number of benzene rings is 1. The topological polar surface area (TPSA) is 9.23 Å². The first-order chi connectivity index (χ1) is 6.06. The lowest BCUT2D eigenvalue weighted by Gasteiger charge is -2.10. The molecule has 13 heavy (non-hydrogen) atoms. The number of rotatable bonds is 2. The fourth-order valence-electron chi connectivity index (χ4n) is 1.07. The minimum absolute atomic E-state index is 0.420. The Labute approximate surface area is 88.6 Å². The zero-order valence-corrected chi connectivity index (χ0v) is 9.41. The van der Waals surface area contributed by atoms with Gasteiger partial charge in [0, 0.05) is 0 Å². The zero-order valence-electron chi connectivity index (χ0n) is 7.90. The fraction of sp³-hybridized carbons (Fsp3) is 0.400. The van der Waals surface area contributed by atoms with Crippen LogP contribution in [0.1, 0.15) is 25.3 Å². The van der Waals surface area contributed by atoms with Gasteiger partial charge in [0.25, 0.3) is 0 Å². The molecule has 0 aromatic heterocycles. The van der Waals surface area contributed by atoms with E-state index in [2.05, 4.69) is 13.8 Å². The molecular weight excluding hydrogens is 207 g/mol. The monoisotopic (exact) mass is 218 g/mol. The predicted molar refractivity (Wildman–Crippen MR) is 57.1 cm³/mol. The third-order valence-electron chi connectivity index (χ3n) is 1.90. The summed E-state index contributed by atoms with van der Waals surface area (Å²) in [6, 6.07) is 3.79. The second-order valence-electron chi connectivity index (χ2n) is 3.17. The lowest BCUT2D eigenvalue weighted by molar-refractivity contribution is 0.414. The maximum atomic E-state index is 5.93. The first-order valence-corrected chi connectivity index (χ1v) is 4.84. The van der Waals surface area contributed by atoms with Crippen LogP contribution in [0.3, 0.4) is 0 Å². The van der Waals surface area contributed by atoms with E-state index in [9.17, 15) is 0 Å². The van der Waals surface area contributed by atoms with Crippen LogP contribution in [-0.2, 0) is 0 Å². The van der Waals surface area contributed by atoms with Crippen molar-refractivity contribution in [1.82, 2.24) is 0 Å². The van der Waals surface area contributed by atoms with Crippen LogP contribution in [-0.4, -0.2) is 7.11 Å². The van der Waals surface area contributed by atoms with Crippen LogP contribution < -0.4 is 4.74 Å². The van der Waals surface area contributed by atoms with Gasteiger partial charge in [-0.15, -0.1) is 0 Å². The van der Waals surface area contributed by atoms with Crippen molar-refractivity contribution in [1.29, 1.82) is 0 Å². The molecule has 0 aliphatic rings. The van der Waals surface area contributed by atoms with Crippen molar-refractivity contribution in [3.05, 3.63) is 27.7 Å². The molecular formula is C10H12Cl2O. The molecule has 0 fully saturated rings. The summed E-state index contributed by atoms with van der Waals surface area (Å²) in [6.07, 6.45) is 0. The second kappa shape index (κ2) is 4.21. The van der Waals surface area contributed by atoms with Crippen molar-refractivity contribution in [2.45, 2.75) is 19.8 Å². The van der Waals surface area contributed by atoms with E-state index in [1.807, 2.05) is 12.1 Å². The molecule has 1 aromatic rings. The molecule has 0 heterocycles. The van der Waals surface area contributed by atoms with E-state index < -0.39 is 0 Å². The highest BCUT2D eigenvalue weighted by molar-refractivity contribution is 6.43. The Hall–Kier alpha value is -0.400. The molecule has 0 amide bonds. The molecule has 1 rings (SSSR count). The number of hydrogen-bond acceptors (Lipinski definition) is 1. The second-order valence-corrected chi connectivity index (χ2v) is 3.96. The van der Waals surface area contributed by atoms with Crippen molar-refractivity contribution in [3.63, 3.8) is 0 Å². The zero-order chi connectivity index (χ0) is 10.0. The number of methoxy groups -OCH3 is 1. The van der Waals surface area contributed by atoms with Crippen molar-refractivity contribution in [3.8, 4) is 5.75 Å². The molecule has 0 N–H and O–H groups in total. The van der Waals surface area contributed by atoms with Gasteiger partial charge in [-0.3, -0.25) is 0 Å². The van der Waals surface area contributed by atoms with Crippen molar-refractivity contribution >= 4 is 23.2 Å². The van der Waals surface area contributed by atoms with E-state index in [1.165, 1.54) is 0 Å². The molecule has 72 valence electrons. The average molecular weight is 219 g/mol. The third kappa shape index (κ3) is 2.29. The Morgan fingerprint density at radius 2 is 1.85 bits per heavy atom. The van der Waals surface area contributed by atoms with Gasteiger partial charge in [0.1, 0.15) is 10.8 Å². The van der Waals surface area contributed by atoms with Crippen LogP contribution >= 0.6 is 23.2 Å². The van der Waals surface area contributed by atoms with Crippen LogP contribution in [0, 0.1) is 0 Å². The molecule has 0 bridgehead atoms. The first-order valence-electron chi connectivity index (χ1n) is 4.09. The van der Waals surface area contributed by atoms with Crippen LogP contribution in [0.5, 0.6) is 5.75 Å². The Morgan fingerprint density at radius 3 is 2.31 bits per heavy atom. The standard InChI is InChI=1S/C10H12Cl2O/c1-6(2)7-4-8(11)10(12)9(5-7)13-3/h4-6H,1-3H3. The lowest BCUT2D eigenvalue weighted by Crippen LogP contribution is -1.91. The van der Waals surface area contributed by atoms with Crippen molar-refractivity contribution in [2.75, 3.05) is 7.11 Å². The van der Waals surface area contributed by atoms with Crippen LogP contribution in [0.25, 0.3) is 0 Å². The maximum Gasteiger partial charge on any atom is 0.139 e. The third-order valence-corrected chi connectivity index (χ3v) is 2.69. The molecule has 0 saturated heterocycles. The van der Waals surface area contributed by atoms with Gasteiger partial charge in [0.05, 0.1) is 12.1 Å². The summed E-state index contributed by atoms with van der Waals surface area (Å²) in [6.45, 7) is 4.19. The summed E-state index contributed by atoms with van der Waals surface area (Å²) in [7, 11) is 1.58. The molecule has 0 unspecified atom stereocenters. The van der Waals surface area contributed by atoms with Crippen molar-refractivity contribution < 1.29 is 4.74 Å². The largest absolute Gasteiger partial charge is 0.495 e. The highest BCUT2D eigenvalue weighted by Crippen LogP contribution is 2.35. The number of halogens is 2. The highest BCUT2D eigenvalue weighted by atomic mass is 35.5. The van der Waals surface area contributed by atoms with Gasteiger partial charge >= 0.3 is 0 Å². The number of hydrogen-bond donors (Lipinski definition) is 0. The summed E-state index contributed by atoms with van der Waals surface area (Å²) >= 11 is 11.8. The van der Waals surface area contributed by atoms with Gasteiger partial charge in [-0.05, 0) is 23.6 Å². The van der Waals surface area contributed by atoms with Gasteiger partial charge in [0.15, 0.2) is 0 Å². The summed E-state index contributed by atoms with van der Waals surface area (Å²) in [5.74, 6) is 1.06. The quantitative estimate of drug-likeness (QED) is 0.726. The SMILES string of the molecule is COc1cc(C(C)C)cc(Cl)c1Cl. The molecule has 0 aliphatic heterocycles.